The van der Waals surface area contributed by atoms with Crippen LogP contribution < -0.4 is 0 Å². The summed E-state index contributed by atoms with van der Waals surface area (Å²) in [6, 6.07) is 8.72. The molecule has 0 aliphatic carbocycles. The van der Waals surface area contributed by atoms with E-state index in [0.717, 1.165) is 17.9 Å². The van der Waals surface area contributed by atoms with Gasteiger partial charge in [-0.25, -0.2) is 9.37 Å². The average molecular weight is 281 g/mol. The van der Waals surface area contributed by atoms with Crippen LogP contribution in [0.25, 0.3) is 11.0 Å². The van der Waals surface area contributed by atoms with Crippen molar-refractivity contribution in [3.63, 3.8) is 0 Å². The number of halogens is 2. The van der Waals surface area contributed by atoms with Gasteiger partial charge in [-0.3, -0.25) is 0 Å². The van der Waals surface area contributed by atoms with Gasteiger partial charge >= 0.3 is 0 Å². The van der Waals surface area contributed by atoms with E-state index in [0.29, 0.717) is 11.4 Å². The molecule has 0 radical (unpaired) electrons. The zero-order valence-corrected chi connectivity index (χ0v) is 11.0. The summed E-state index contributed by atoms with van der Waals surface area (Å²) in [7, 11) is 0. The van der Waals surface area contributed by atoms with Gasteiger partial charge in [0.25, 0.3) is 0 Å². The van der Waals surface area contributed by atoms with E-state index in [1.54, 1.807) is 17.4 Å². The topological polar surface area (TPSA) is 17.8 Å². The maximum absolute atomic E-state index is 13.2. The van der Waals surface area contributed by atoms with Crippen LogP contribution >= 0.6 is 22.9 Å². The molecular weight excluding hydrogens is 271 g/mol. The van der Waals surface area contributed by atoms with Crippen molar-refractivity contribution in [2.24, 2.45) is 0 Å². The fourth-order valence-electron chi connectivity index (χ4n) is 1.99. The first-order valence-electron chi connectivity index (χ1n) is 5.51. The number of aromatic nitrogens is 2. The zero-order valence-electron chi connectivity index (χ0n) is 9.44. The third-order valence-electron chi connectivity index (χ3n) is 2.80. The lowest BCUT2D eigenvalue weighted by Gasteiger charge is -2.05. The maximum atomic E-state index is 13.2. The predicted octanol–water partition coefficient (Wildman–Crippen LogP) is 4.02. The number of rotatable bonds is 3. The molecule has 0 spiro atoms. The molecule has 0 fully saturated rings. The van der Waals surface area contributed by atoms with Crippen molar-refractivity contribution >= 4 is 34.0 Å². The molecule has 5 heteroatoms. The molecule has 2 aromatic heterocycles. The first-order valence-corrected chi connectivity index (χ1v) is 6.92. The highest BCUT2D eigenvalue weighted by molar-refractivity contribution is 7.09. The van der Waals surface area contributed by atoms with E-state index in [-0.39, 0.29) is 5.82 Å². The summed E-state index contributed by atoms with van der Waals surface area (Å²) in [5.41, 5.74) is 1.57. The van der Waals surface area contributed by atoms with Crippen molar-refractivity contribution in [2.75, 3.05) is 0 Å². The molecule has 1 aromatic carbocycles. The molecule has 0 saturated carbocycles. The standard InChI is InChI=1S/C13H10ClFN2S/c14-7-13-16-11-6-9(15)3-4-12(11)17(13)8-10-2-1-5-18-10/h1-6H,7-8H2. The van der Waals surface area contributed by atoms with Gasteiger partial charge in [-0.2, -0.15) is 0 Å². The van der Waals surface area contributed by atoms with Gasteiger partial charge in [-0.1, -0.05) is 6.07 Å². The van der Waals surface area contributed by atoms with Gasteiger partial charge in [-0.05, 0) is 23.6 Å². The van der Waals surface area contributed by atoms with Crippen molar-refractivity contribution < 1.29 is 4.39 Å². The lowest BCUT2D eigenvalue weighted by Crippen LogP contribution is -2.02. The molecule has 0 bridgehead atoms. The van der Waals surface area contributed by atoms with Crippen LogP contribution in [0, 0.1) is 5.82 Å². The van der Waals surface area contributed by atoms with Gasteiger partial charge in [0, 0.05) is 10.9 Å². The summed E-state index contributed by atoms with van der Waals surface area (Å²) in [6.07, 6.45) is 0. The molecule has 3 rings (SSSR count). The number of benzene rings is 1. The van der Waals surface area contributed by atoms with E-state index in [4.69, 9.17) is 11.6 Å². The summed E-state index contributed by atoms with van der Waals surface area (Å²) in [5.74, 6) is 0.817. The minimum absolute atomic E-state index is 0.274. The van der Waals surface area contributed by atoms with E-state index in [2.05, 4.69) is 11.1 Å². The molecule has 0 unspecified atom stereocenters. The Morgan fingerprint density at radius 3 is 2.94 bits per heavy atom. The largest absolute Gasteiger partial charge is 0.322 e. The van der Waals surface area contributed by atoms with E-state index in [1.807, 2.05) is 16.0 Å². The molecule has 3 aromatic rings. The Labute approximate surface area is 113 Å². The lowest BCUT2D eigenvalue weighted by atomic mass is 10.3. The van der Waals surface area contributed by atoms with E-state index >= 15 is 0 Å². The summed E-state index contributed by atoms with van der Waals surface area (Å²) < 4.78 is 15.2. The molecule has 2 heterocycles. The minimum atomic E-state index is -0.274. The maximum Gasteiger partial charge on any atom is 0.125 e. The highest BCUT2D eigenvalue weighted by atomic mass is 35.5. The van der Waals surface area contributed by atoms with Gasteiger partial charge in [0.05, 0.1) is 23.5 Å². The summed E-state index contributed by atoms with van der Waals surface area (Å²) in [4.78, 5) is 5.60. The van der Waals surface area contributed by atoms with Crippen molar-refractivity contribution in [1.29, 1.82) is 0 Å². The minimum Gasteiger partial charge on any atom is -0.322 e. The Balaban J connectivity index is 2.13. The SMILES string of the molecule is Fc1ccc2c(c1)nc(CCl)n2Cc1cccs1. The number of hydrogen-bond donors (Lipinski definition) is 0. The van der Waals surface area contributed by atoms with Crippen molar-refractivity contribution in [2.45, 2.75) is 12.4 Å². The van der Waals surface area contributed by atoms with Crippen molar-refractivity contribution in [3.8, 4) is 0 Å². The third-order valence-corrected chi connectivity index (χ3v) is 3.90. The highest BCUT2D eigenvalue weighted by Gasteiger charge is 2.11. The summed E-state index contributed by atoms with van der Waals surface area (Å²) in [6.45, 7) is 0.724. The van der Waals surface area contributed by atoms with Crippen molar-refractivity contribution in [3.05, 3.63) is 52.2 Å². The predicted molar refractivity (Wildman–Crippen MR) is 72.7 cm³/mol. The van der Waals surface area contributed by atoms with Crippen LogP contribution in [0.3, 0.4) is 0 Å². The Hall–Kier alpha value is -1.39. The molecule has 0 amide bonds. The van der Waals surface area contributed by atoms with E-state index in [1.165, 1.54) is 17.0 Å². The Morgan fingerprint density at radius 2 is 2.22 bits per heavy atom. The van der Waals surface area contributed by atoms with Crippen LogP contribution in [0.4, 0.5) is 4.39 Å². The fraction of sp³-hybridized carbons (Fsp3) is 0.154. The summed E-state index contributed by atoms with van der Waals surface area (Å²) in [5, 5.41) is 2.04. The zero-order chi connectivity index (χ0) is 12.5. The van der Waals surface area contributed by atoms with Gasteiger partial charge in [-0.15, -0.1) is 22.9 Å². The molecule has 0 aliphatic heterocycles. The van der Waals surface area contributed by atoms with E-state index < -0.39 is 0 Å². The smallest absolute Gasteiger partial charge is 0.125 e. The molecule has 18 heavy (non-hydrogen) atoms. The highest BCUT2D eigenvalue weighted by Crippen LogP contribution is 2.21. The van der Waals surface area contributed by atoms with Crippen LogP contribution in [-0.2, 0) is 12.4 Å². The summed E-state index contributed by atoms with van der Waals surface area (Å²) >= 11 is 7.60. The first-order chi connectivity index (χ1) is 8.78. The number of hydrogen-bond acceptors (Lipinski definition) is 2. The molecule has 0 saturated heterocycles. The van der Waals surface area contributed by atoms with Gasteiger partial charge < -0.3 is 4.57 Å². The number of thiophene rings is 1. The van der Waals surface area contributed by atoms with Gasteiger partial charge in [0.2, 0.25) is 0 Å². The average Bonchev–Trinajstić information content (AvgIpc) is 2.97. The number of imidazole rings is 1. The first kappa shape index (κ1) is 11.7. The fourth-order valence-corrected chi connectivity index (χ4v) is 2.89. The second kappa shape index (κ2) is 4.71. The Kier molecular flexibility index (Phi) is 3.06. The van der Waals surface area contributed by atoms with Crippen LogP contribution in [0.2, 0.25) is 0 Å². The van der Waals surface area contributed by atoms with Crippen LogP contribution in [0.5, 0.6) is 0 Å². The van der Waals surface area contributed by atoms with Gasteiger partial charge in [0.1, 0.15) is 11.6 Å². The van der Waals surface area contributed by atoms with Crippen molar-refractivity contribution in [1.82, 2.24) is 9.55 Å². The molecule has 0 aliphatic rings. The third kappa shape index (κ3) is 2.02. The number of alkyl halides is 1. The number of nitrogens with zero attached hydrogens (tertiary/aromatic N) is 2. The second-order valence-corrected chi connectivity index (χ2v) is 5.26. The van der Waals surface area contributed by atoms with Crippen LogP contribution in [0.1, 0.15) is 10.7 Å². The normalized spacial score (nSPS) is 11.2. The second-order valence-electron chi connectivity index (χ2n) is 3.96. The molecule has 92 valence electrons. The molecule has 2 nitrogen and oxygen atoms in total. The molecule has 0 N–H and O–H groups in total. The Morgan fingerprint density at radius 1 is 1.33 bits per heavy atom. The van der Waals surface area contributed by atoms with Crippen LogP contribution in [0.15, 0.2) is 35.7 Å². The number of fused-ring (bicyclic) bond motifs is 1. The quantitative estimate of drug-likeness (QED) is 0.663. The molecular formula is C13H10ClFN2S. The monoisotopic (exact) mass is 280 g/mol. The van der Waals surface area contributed by atoms with Gasteiger partial charge in [0.15, 0.2) is 0 Å². The lowest BCUT2D eigenvalue weighted by molar-refractivity contribution is 0.629. The molecule has 0 atom stereocenters. The van der Waals surface area contributed by atoms with E-state index in [9.17, 15) is 4.39 Å². The Bertz CT molecular complexity index is 676. The van der Waals surface area contributed by atoms with Crippen LogP contribution in [-0.4, -0.2) is 9.55 Å².